The zero-order valence-electron chi connectivity index (χ0n) is 10.4. The SMILES string of the molecule is CCOC(=O)c1c(F)ccc(OCCOC)c1N. The van der Waals surface area contributed by atoms with E-state index in [1.165, 1.54) is 13.2 Å². The summed E-state index contributed by atoms with van der Waals surface area (Å²) in [7, 11) is 1.53. The summed E-state index contributed by atoms with van der Waals surface area (Å²) in [5.74, 6) is -1.30. The summed E-state index contributed by atoms with van der Waals surface area (Å²) in [5, 5.41) is 0. The number of anilines is 1. The van der Waals surface area contributed by atoms with Gasteiger partial charge in [-0.3, -0.25) is 0 Å². The molecule has 0 aliphatic rings. The highest BCUT2D eigenvalue weighted by Gasteiger charge is 2.20. The maximum absolute atomic E-state index is 13.5. The van der Waals surface area contributed by atoms with Gasteiger partial charge in [-0.05, 0) is 19.1 Å². The molecule has 1 aromatic rings. The number of rotatable bonds is 6. The van der Waals surface area contributed by atoms with Gasteiger partial charge in [0.25, 0.3) is 0 Å². The Labute approximate surface area is 105 Å². The molecule has 0 saturated carbocycles. The molecule has 0 unspecified atom stereocenters. The molecule has 0 spiro atoms. The summed E-state index contributed by atoms with van der Waals surface area (Å²) in [5.41, 5.74) is 5.33. The fraction of sp³-hybridized carbons (Fsp3) is 0.417. The lowest BCUT2D eigenvalue weighted by atomic mass is 10.1. The van der Waals surface area contributed by atoms with Crippen molar-refractivity contribution in [3.8, 4) is 5.75 Å². The van der Waals surface area contributed by atoms with Crippen LogP contribution in [0.5, 0.6) is 5.75 Å². The fourth-order valence-corrected chi connectivity index (χ4v) is 1.35. The molecule has 2 N–H and O–H groups in total. The van der Waals surface area contributed by atoms with Crippen LogP contribution in [0.3, 0.4) is 0 Å². The first-order chi connectivity index (χ1) is 8.61. The molecule has 0 aliphatic carbocycles. The van der Waals surface area contributed by atoms with Crippen LogP contribution in [-0.4, -0.2) is 32.9 Å². The summed E-state index contributed by atoms with van der Waals surface area (Å²) in [4.78, 5) is 11.5. The molecule has 0 radical (unpaired) electrons. The number of hydrogen-bond acceptors (Lipinski definition) is 5. The highest BCUT2D eigenvalue weighted by atomic mass is 19.1. The minimum Gasteiger partial charge on any atom is -0.489 e. The van der Waals surface area contributed by atoms with Crippen molar-refractivity contribution >= 4 is 11.7 Å². The fourth-order valence-electron chi connectivity index (χ4n) is 1.35. The summed E-state index contributed by atoms with van der Waals surface area (Å²) in [6.45, 7) is 2.40. The molecule has 0 aromatic heterocycles. The molecular formula is C12H16FNO4. The van der Waals surface area contributed by atoms with Crippen LogP contribution in [0.4, 0.5) is 10.1 Å². The third-order valence-corrected chi connectivity index (χ3v) is 2.18. The smallest absolute Gasteiger partial charge is 0.343 e. The zero-order valence-corrected chi connectivity index (χ0v) is 10.4. The molecule has 0 heterocycles. The first-order valence-corrected chi connectivity index (χ1v) is 5.48. The number of nitrogens with two attached hydrogens (primary N) is 1. The molecule has 0 amide bonds. The van der Waals surface area contributed by atoms with Crippen LogP contribution in [0.15, 0.2) is 12.1 Å². The van der Waals surface area contributed by atoms with Crippen LogP contribution in [0, 0.1) is 5.82 Å². The molecule has 0 aliphatic heterocycles. The Balaban J connectivity index is 2.95. The molecule has 18 heavy (non-hydrogen) atoms. The van der Waals surface area contributed by atoms with Gasteiger partial charge in [0.05, 0.1) is 18.9 Å². The van der Waals surface area contributed by atoms with Gasteiger partial charge in [0.2, 0.25) is 0 Å². The number of esters is 1. The molecule has 0 saturated heterocycles. The van der Waals surface area contributed by atoms with Crippen LogP contribution in [-0.2, 0) is 9.47 Å². The van der Waals surface area contributed by atoms with Crippen molar-refractivity contribution in [3.63, 3.8) is 0 Å². The van der Waals surface area contributed by atoms with E-state index in [0.717, 1.165) is 6.07 Å². The predicted octanol–water partition coefficient (Wildman–Crippen LogP) is 1.61. The summed E-state index contributed by atoms with van der Waals surface area (Å²) >= 11 is 0. The Bertz CT molecular complexity index is 423. The quantitative estimate of drug-likeness (QED) is 0.476. The number of carbonyl (C=O) groups excluding carboxylic acids is 1. The normalized spacial score (nSPS) is 10.2. The molecule has 1 rings (SSSR count). The number of carbonyl (C=O) groups is 1. The largest absolute Gasteiger partial charge is 0.489 e. The Morgan fingerprint density at radius 3 is 2.72 bits per heavy atom. The van der Waals surface area contributed by atoms with E-state index >= 15 is 0 Å². The second-order valence-corrected chi connectivity index (χ2v) is 3.40. The molecular weight excluding hydrogens is 241 g/mol. The topological polar surface area (TPSA) is 70.8 Å². The van der Waals surface area contributed by atoms with E-state index in [1.807, 2.05) is 0 Å². The van der Waals surface area contributed by atoms with Crippen molar-refractivity contribution in [2.24, 2.45) is 0 Å². The van der Waals surface area contributed by atoms with Gasteiger partial charge < -0.3 is 19.9 Å². The Kier molecular flexibility index (Phi) is 5.38. The highest BCUT2D eigenvalue weighted by molar-refractivity contribution is 5.96. The number of benzene rings is 1. The summed E-state index contributed by atoms with van der Waals surface area (Å²) in [6, 6.07) is 2.48. The Hall–Kier alpha value is -1.82. The van der Waals surface area contributed by atoms with E-state index in [4.69, 9.17) is 19.9 Å². The lowest BCUT2D eigenvalue weighted by Crippen LogP contribution is -2.13. The van der Waals surface area contributed by atoms with E-state index in [2.05, 4.69) is 0 Å². The van der Waals surface area contributed by atoms with Crippen LogP contribution < -0.4 is 10.5 Å². The van der Waals surface area contributed by atoms with Gasteiger partial charge in [0, 0.05) is 7.11 Å². The second-order valence-electron chi connectivity index (χ2n) is 3.40. The average Bonchev–Trinajstić information content (AvgIpc) is 2.33. The van der Waals surface area contributed by atoms with E-state index in [1.54, 1.807) is 6.92 Å². The highest BCUT2D eigenvalue weighted by Crippen LogP contribution is 2.28. The molecule has 0 fully saturated rings. The minimum atomic E-state index is -0.801. The maximum Gasteiger partial charge on any atom is 0.343 e. The number of methoxy groups -OCH3 is 1. The zero-order chi connectivity index (χ0) is 13.5. The molecule has 100 valence electrons. The summed E-state index contributed by atoms with van der Waals surface area (Å²) < 4.78 is 28.4. The molecule has 0 bridgehead atoms. The van der Waals surface area contributed by atoms with E-state index < -0.39 is 11.8 Å². The van der Waals surface area contributed by atoms with Gasteiger partial charge in [0.1, 0.15) is 23.7 Å². The third-order valence-electron chi connectivity index (χ3n) is 2.18. The number of ether oxygens (including phenoxy) is 3. The van der Waals surface area contributed by atoms with Gasteiger partial charge in [-0.15, -0.1) is 0 Å². The molecule has 5 nitrogen and oxygen atoms in total. The van der Waals surface area contributed by atoms with Crippen molar-refractivity contribution < 1.29 is 23.4 Å². The van der Waals surface area contributed by atoms with Crippen molar-refractivity contribution in [1.82, 2.24) is 0 Å². The van der Waals surface area contributed by atoms with Crippen molar-refractivity contribution in [3.05, 3.63) is 23.5 Å². The molecule has 0 atom stereocenters. The van der Waals surface area contributed by atoms with Gasteiger partial charge in [-0.2, -0.15) is 0 Å². The lowest BCUT2D eigenvalue weighted by molar-refractivity contribution is 0.0522. The number of hydrogen-bond donors (Lipinski definition) is 1. The van der Waals surface area contributed by atoms with E-state index in [0.29, 0.717) is 6.61 Å². The third kappa shape index (κ3) is 3.33. The van der Waals surface area contributed by atoms with Crippen molar-refractivity contribution in [1.29, 1.82) is 0 Å². The second kappa shape index (κ2) is 6.80. The van der Waals surface area contributed by atoms with Crippen LogP contribution >= 0.6 is 0 Å². The van der Waals surface area contributed by atoms with Gasteiger partial charge in [-0.25, -0.2) is 9.18 Å². The standard InChI is InChI=1S/C12H16FNO4/c1-3-17-12(15)10-8(13)4-5-9(11(10)14)18-7-6-16-2/h4-5H,3,6-7,14H2,1-2H3. The predicted molar refractivity (Wildman–Crippen MR) is 64.1 cm³/mol. The van der Waals surface area contributed by atoms with Gasteiger partial charge >= 0.3 is 5.97 Å². The van der Waals surface area contributed by atoms with Gasteiger partial charge in [0.15, 0.2) is 0 Å². The van der Waals surface area contributed by atoms with Gasteiger partial charge in [-0.1, -0.05) is 0 Å². The average molecular weight is 257 g/mol. The minimum absolute atomic E-state index is 0.0652. The first kappa shape index (κ1) is 14.2. The number of halogens is 1. The van der Waals surface area contributed by atoms with Crippen LogP contribution in [0.1, 0.15) is 17.3 Å². The van der Waals surface area contributed by atoms with E-state index in [-0.39, 0.29) is 30.2 Å². The Morgan fingerprint density at radius 1 is 1.39 bits per heavy atom. The lowest BCUT2D eigenvalue weighted by Gasteiger charge is -2.12. The monoisotopic (exact) mass is 257 g/mol. The maximum atomic E-state index is 13.5. The molecule has 1 aromatic carbocycles. The molecule has 6 heteroatoms. The van der Waals surface area contributed by atoms with Crippen LogP contribution in [0.25, 0.3) is 0 Å². The Morgan fingerprint density at radius 2 is 2.11 bits per heavy atom. The van der Waals surface area contributed by atoms with Crippen LogP contribution in [0.2, 0.25) is 0 Å². The van der Waals surface area contributed by atoms with Crippen molar-refractivity contribution in [2.45, 2.75) is 6.92 Å². The summed E-state index contributed by atoms with van der Waals surface area (Å²) in [6.07, 6.45) is 0. The van der Waals surface area contributed by atoms with E-state index in [9.17, 15) is 9.18 Å². The number of nitrogen functional groups attached to an aromatic ring is 1. The first-order valence-electron chi connectivity index (χ1n) is 5.48. The van der Waals surface area contributed by atoms with Crippen molar-refractivity contribution in [2.75, 3.05) is 32.7 Å².